The second-order valence-corrected chi connectivity index (χ2v) is 3.69. The first kappa shape index (κ1) is 9.65. The van der Waals surface area contributed by atoms with Crippen molar-refractivity contribution in [1.29, 1.82) is 0 Å². The summed E-state index contributed by atoms with van der Waals surface area (Å²) in [5.41, 5.74) is 7.73. The molecule has 0 aliphatic heterocycles. The predicted molar refractivity (Wildman–Crippen MR) is 56.7 cm³/mol. The van der Waals surface area contributed by atoms with Gasteiger partial charge >= 0.3 is 0 Å². The van der Waals surface area contributed by atoms with Crippen LogP contribution >= 0.6 is 0 Å². The fraction of sp³-hybridized carbons (Fsp3) is 0.167. The van der Waals surface area contributed by atoms with Crippen LogP contribution in [0.3, 0.4) is 0 Å². The molecule has 0 heterocycles. The van der Waals surface area contributed by atoms with Crippen molar-refractivity contribution in [2.45, 2.75) is 13.8 Å². The number of fused-ring (bicyclic) bond motifs is 1. The van der Waals surface area contributed by atoms with E-state index < -0.39 is 0 Å². The number of Topliss-reactive ketones (excluding diaryl/α,β-unsaturated/α-hetero) is 2. The van der Waals surface area contributed by atoms with Gasteiger partial charge in [-0.2, -0.15) is 0 Å². The van der Waals surface area contributed by atoms with E-state index in [0.717, 1.165) is 5.56 Å². The molecule has 3 heteroatoms. The van der Waals surface area contributed by atoms with Crippen molar-refractivity contribution in [3.63, 3.8) is 0 Å². The highest BCUT2D eigenvalue weighted by Gasteiger charge is 2.29. The van der Waals surface area contributed by atoms with E-state index in [1.807, 2.05) is 0 Å². The highest BCUT2D eigenvalue weighted by Crippen LogP contribution is 2.25. The molecule has 0 unspecified atom stereocenters. The molecule has 15 heavy (non-hydrogen) atoms. The Morgan fingerprint density at radius 2 is 1.73 bits per heavy atom. The fourth-order valence-electron chi connectivity index (χ4n) is 1.79. The van der Waals surface area contributed by atoms with Crippen molar-refractivity contribution >= 4 is 11.6 Å². The summed E-state index contributed by atoms with van der Waals surface area (Å²) in [5, 5.41) is 0. The molecule has 1 aromatic rings. The van der Waals surface area contributed by atoms with Crippen molar-refractivity contribution < 1.29 is 9.59 Å². The van der Waals surface area contributed by atoms with Gasteiger partial charge in [-0.25, -0.2) is 0 Å². The largest absolute Gasteiger partial charge is 0.395 e. The third-order valence-electron chi connectivity index (χ3n) is 2.73. The average Bonchev–Trinajstić information content (AvgIpc) is 2.23. The van der Waals surface area contributed by atoms with Gasteiger partial charge in [0, 0.05) is 16.7 Å². The lowest BCUT2D eigenvalue weighted by Gasteiger charge is -2.17. The Balaban J connectivity index is 2.79. The smallest absolute Gasteiger partial charge is 0.210 e. The number of carbonyl (C=O) groups is 2. The number of nitrogens with two attached hydrogens (primary N) is 1. The lowest BCUT2D eigenvalue weighted by molar-refractivity contribution is 0.0973. The maximum Gasteiger partial charge on any atom is 0.210 e. The number of hydrogen-bond donors (Lipinski definition) is 1. The van der Waals surface area contributed by atoms with Gasteiger partial charge in [0.15, 0.2) is 5.78 Å². The van der Waals surface area contributed by atoms with Crippen LogP contribution in [0.1, 0.15) is 33.2 Å². The highest BCUT2D eigenvalue weighted by molar-refractivity contribution is 6.26. The third-order valence-corrected chi connectivity index (χ3v) is 2.73. The molecule has 0 amide bonds. The Kier molecular flexibility index (Phi) is 1.96. The number of benzene rings is 1. The molecular weight excluding hydrogens is 190 g/mol. The van der Waals surface area contributed by atoms with Crippen molar-refractivity contribution in [3.8, 4) is 0 Å². The summed E-state index contributed by atoms with van der Waals surface area (Å²) in [6.07, 6.45) is 0. The van der Waals surface area contributed by atoms with E-state index in [1.54, 1.807) is 32.0 Å². The highest BCUT2D eigenvalue weighted by atomic mass is 16.1. The van der Waals surface area contributed by atoms with Gasteiger partial charge in [0.2, 0.25) is 5.78 Å². The normalized spacial score (nSPS) is 15.6. The zero-order valence-electron chi connectivity index (χ0n) is 8.63. The van der Waals surface area contributed by atoms with Crippen LogP contribution in [0.15, 0.2) is 29.5 Å². The fourth-order valence-corrected chi connectivity index (χ4v) is 1.79. The first-order valence-corrected chi connectivity index (χ1v) is 4.69. The van der Waals surface area contributed by atoms with Crippen LogP contribution in [0.25, 0.3) is 0 Å². The van der Waals surface area contributed by atoms with Crippen molar-refractivity contribution in [3.05, 3.63) is 46.2 Å². The quantitative estimate of drug-likeness (QED) is 0.693. The number of carbonyl (C=O) groups excluding carboxylic acids is 2. The first-order chi connectivity index (χ1) is 7.04. The Hall–Kier alpha value is -1.90. The van der Waals surface area contributed by atoms with Gasteiger partial charge < -0.3 is 5.73 Å². The molecule has 1 aliphatic rings. The molecule has 0 fully saturated rings. The van der Waals surface area contributed by atoms with Crippen LogP contribution in [-0.2, 0) is 0 Å². The predicted octanol–water partition coefficient (Wildman–Crippen LogP) is 1.61. The first-order valence-electron chi connectivity index (χ1n) is 4.69. The van der Waals surface area contributed by atoms with Gasteiger partial charge in [0.25, 0.3) is 0 Å². The molecule has 0 saturated carbocycles. The number of aryl methyl sites for hydroxylation is 1. The zero-order chi connectivity index (χ0) is 11.2. The molecule has 1 aliphatic carbocycles. The topological polar surface area (TPSA) is 60.2 Å². The minimum Gasteiger partial charge on any atom is -0.395 e. The number of allylic oxidation sites excluding steroid dienone is 2. The number of rotatable bonds is 0. The summed E-state index contributed by atoms with van der Waals surface area (Å²) in [4.78, 5) is 23.7. The second-order valence-electron chi connectivity index (χ2n) is 3.69. The number of hydrogen-bond acceptors (Lipinski definition) is 3. The molecule has 0 atom stereocenters. The Morgan fingerprint density at radius 3 is 2.40 bits per heavy atom. The van der Waals surface area contributed by atoms with E-state index in [0.29, 0.717) is 16.7 Å². The lowest BCUT2D eigenvalue weighted by Crippen LogP contribution is -2.26. The maximum atomic E-state index is 11.9. The van der Waals surface area contributed by atoms with Gasteiger partial charge in [-0.05, 0) is 19.4 Å². The van der Waals surface area contributed by atoms with Crippen LogP contribution in [0.2, 0.25) is 0 Å². The van der Waals surface area contributed by atoms with E-state index in [4.69, 9.17) is 5.73 Å². The molecule has 1 aromatic carbocycles. The molecule has 2 rings (SSSR count). The van der Waals surface area contributed by atoms with Crippen molar-refractivity contribution in [1.82, 2.24) is 0 Å². The van der Waals surface area contributed by atoms with Crippen LogP contribution in [0.5, 0.6) is 0 Å². The SMILES string of the molecule is CC1=C(N)C(=O)c2c(C)cccc2C1=O. The molecule has 76 valence electrons. The maximum absolute atomic E-state index is 11.9. The van der Waals surface area contributed by atoms with E-state index in [9.17, 15) is 9.59 Å². The van der Waals surface area contributed by atoms with Gasteiger partial charge in [0.05, 0.1) is 5.70 Å². The minimum absolute atomic E-state index is 0.0711. The summed E-state index contributed by atoms with van der Waals surface area (Å²) >= 11 is 0. The molecule has 0 bridgehead atoms. The minimum atomic E-state index is -0.236. The molecule has 3 nitrogen and oxygen atoms in total. The van der Waals surface area contributed by atoms with E-state index in [2.05, 4.69) is 0 Å². The Labute approximate surface area is 87.6 Å². The number of ketones is 2. The molecule has 0 spiro atoms. The Morgan fingerprint density at radius 1 is 1.07 bits per heavy atom. The average molecular weight is 201 g/mol. The Bertz CT molecular complexity index is 512. The molecule has 0 radical (unpaired) electrons. The molecule has 2 N–H and O–H groups in total. The van der Waals surface area contributed by atoms with Crippen LogP contribution in [0.4, 0.5) is 0 Å². The summed E-state index contributed by atoms with van der Waals surface area (Å²) in [7, 11) is 0. The summed E-state index contributed by atoms with van der Waals surface area (Å²) in [5.74, 6) is -0.383. The standard InChI is InChI=1S/C12H11NO2/c1-6-4-3-5-8-9(6)12(15)10(13)7(2)11(8)14/h3-5H,13H2,1-2H3. The summed E-state index contributed by atoms with van der Waals surface area (Å²) in [6, 6.07) is 5.24. The monoisotopic (exact) mass is 201 g/mol. The summed E-state index contributed by atoms with van der Waals surface area (Å²) < 4.78 is 0. The summed E-state index contributed by atoms with van der Waals surface area (Å²) in [6.45, 7) is 3.39. The van der Waals surface area contributed by atoms with Gasteiger partial charge in [-0.1, -0.05) is 18.2 Å². The third kappa shape index (κ3) is 1.20. The van der Waals surface area contributed by atoms with Gasteiger partial charge in [-0.3, -0.25) is 9.59 Å². The van der Waals surface area contributed by atoms with E-state index >= 15 is 0 Å². The lowest BCUT2D eigenvalue weighted by atomic mass is 9.86. The van der Waals surface area contributed by atoms with Crippen molar-refractivity contribution in [2.24, 2.45) is 5.73 Å². The molecule has 0 saturated heterocycles. The van der Waals surface area contributed by atoms with Gasteiger partial charge in [0.1, 0.15) is 0 Å². The molecule has 0 aromatic heterocycles. The van der Waals surface area contributed by atoms with Crippen LogP contribution in [0, 0.1) is 6.92 Å². The van der Waals surface area contributed by atoms with Crippen LogP contribution < -0.4 is 5.73 Å². The zero-order valence-corrected chi connectivity index (χ0v) is 8.63. The van der Waals surface area contributed by atoms with E-state index in [1.165, 1.54) is 0 Å². The second kappa shape index (κ2) is 3.05. The van der Waals surface area contributed by atoms with Crippen LogP contribution in [-0.4, -0.2) is 11.6 Å². The van der Waals surface area contributed by atoms with Gasteiger partial charge in [-0.15, -0.1) is 0 Å². The van der Waals surface area contributed by atoms with E-state index in [-0.39, 0.29) is 17.3 Å². The molecular formula is C12H11NO2. The van der Waals surface area contributed by atoms with Crippen molar-refractivity contribution in [2.75, 3.05) is 0 Å².